The van der Waals surface area contributed by atoms with Crippen LogP contribution in [0.4, 0.5) is 18.9 Å². The average molecular weight is 447 g/mol. The third-order valence-electron chi connectivity index (χ3n) is 3.39. The molecule has 154 valence electrons. The molecule has 0 fully saturated rings. The van der Waals surface area contributed by atoms with Crippen molar-refractivity contribution >= 4 is 46.8 Å². The van der Waals surface area contributed by atoms with E-state index in [9.17, 15) is 27.6 Å². The van der Waals surface area contributed by atoms with Crippen molar-refractivity contribution in [1.82, 2.24) is 0 Å². The SMILES string of the molecule is NC(=O)CSc1ccccc1C(=O)OCC(=O)Nc1c(Cl)cccc1C(F)(F)F. The van der Waals surface area contributed by atoms with Crippen molar-refractivity contribution in [1.29, 1.82) is 0 Å². The number of anilines is 1. The lowest BCUT2D eigenvalue weighted by atomic mass is 10.1. The minimum absolute atomic E-state index is 0.0719. The number of carbonyl (C=O) groups is 3. The van der Waals surface area contributed by atoms with E-state index in [4.69, 9.17) is 22.1 Å². The van der Waals surface area contributed by atoms with Gasteiger partial charge in [0.1, 0.15) is 0 Å². The summed E-state index contributed by atoms with van der Waals surface area (Å²) in [5.41, 5.74) is 3.41. The summed E-state index contributed by atoms with van der Waals surface area (Å²) < 4.78 is 44.0. The lowest BCUT2D eigenvalue weighted by molar-refractivity contribution is -0.137. The second-order valence-electron chi connectivity index (χ2n) is 5.54. The zero-order valence-electron chi connectivity index (χ0n) is 14.6. The van der Waals surface area contributed by atoms with E-state index in [-0.39, 0.29) is 16.3 Å². The monoisotopic (exact) mass is 446 g/mol. The van der Waals surface area contributed by atoms with Crippen LogP contribution in [0.3, 0.4) is 0 Å². The highest BCUT2D eigenvalue weighted by Crippen LogP contribution is 2.38. The molecule has 2 amide bonds. The van der Waals surface area contributed by atoms with Crippen LogP contribution in [0.1, 0.15) is 15.9 Å². The first-order chi connectivity index (χ1) is 13.6. The van der Waals surface area contributed by atoms with E-state index in [0.717, 1.165) is 23.9 Å². The number of halogens is 4. The van der Waals surface area contributed by atoms with Crippen molar-refractivity contribution in [3.05, 3.63) is 58.6 Å². The summed E-state index contributed by atoms with van der Waals surface area (Å²) in [6, 6.07) is 9.20. The van der Waals surface area contributed by atoms with Crippen LogP contribution >= 0.6 is 23.4 Å². The normalized spacial score (nSPS) is 11.0. The van der Waals surface area contributed by atoms with E-state index in [1.54, 1.807) is 18.2 Å². The third kappa shape index (κ3) is 6.40. The Balaban J connectivity index is 2.06. The number of alkyl halides is 3. The van der Waals surface area contributed by atoms with Crippen LogP contribution in [0.2, 0.25) is 5.02 Å². The molecule has 0 aliphatic heterocycles. The molecule has 0 aromatic heterocycles. The molecule has 29 heavy (non-hydrogen) atoms. The number of carbonyl (C=O) groups excluding carboxylic acids is 3. The Bertz CT molecular complexity index is 938. The van der Waals surface area contributed by atoms with Crippen LogP contribution in [0.25, 0.3) is 0 Å². The molecule has 6 nitrogen and oxygen atoms in total. The van der Waals surface area contributed by atoms with Gasteiger partial charge in [0.25, 0.3) is 5.91 Å². The number of esters is 1. The van der Waals surface area contributed by atoms with E-state index in [1.165, 1.54) is 12.1 Å². The second-order valence-corrected chi connectivity index (χ2v) is 6.96. The topological polar surface area (TPSA) is 98.5 Å². The highest BCUT2D eigenvalue weighted by atomic mass is 35.5. The average Bonchev–Trinajstić information content (AvgIpc) is 2.65. The molecule has 0 atom stereocenters. The number of amides is 2. The number of para-hydroxylation sites is 1. The van der Waals surface area contributed by atoms with Crippen molar-refractivity contribution in [2.24, 2.45) is 5.73 Å². The maximum absolute atomic E-state index is 13.1. The fourth-order valence-corrected chi connectivity index (χ4v) is 3.18. The molecular formula is C18H14ClF3N2O4S. The van der Waals surface area contributed by atoms with Crippen molar-refractivity contribution < 1.29 is 32.3 Å². The first kappa shape index (κ1) is 22.6. The molecule has 11 heteroatoms. The molecule has 2 aromatic carbocycles. The number of nitrogens with one attached hydrogen (secondary N) is 1. The van der Waals surface area contributed by atoms with Gasteiger partial charge in [0.2, 0.25) is 5.91 Å². The van der Waals surface area contributed by atoms with Crippen molar-refractivity contribution in [2.45, 2.75) is 11.1 Å². The Morgan fingerprint density at radius 2 is 1.79 bits per heavy atom. The molecule has 0 aliphatic carbocycles. The van der Waals surface area contributed by atoms with Crippen molar-refractivity contribution in [2.75, 3.05) is 17.7 Å². The summed E-state index contributed by atoms with van der Waals surface area (Å²) in [4.78, 5) is 35.5. The Labute approximate surface area is 172 Å². The minimum Gasteiger partial charge on any atom is -0.452 e. The van der Waals surface area contributed by atoms with Crippen LogP contribution in [0, 0.1) is 0 Å². The van der Waals surface area contributed by atoms with Crippen molar-refractivity contribution in [3.63, 3.8) is 0 Å². The van der Waals surface area contributed by atoms with Gasteiger partial charge in [-0.05, 0) is 24.3 Å². The number of benzene rings is 2. The maximum Gasteiger partial charge on any atom is 0.418 e. The van der Waals surface area contributed by atoms with Crippen LogP contribution < -0.4 is 11.1 Å². The molecule has 0 spiro atoms. The van der Waals surface area contributed by atoms with Gasteiger partial charge in [0.05, 0.1) is 27.6 Å². The van der Waals surface area contributed by atoms with E-state index >= 15 is 0 Å². The van der Waals surface area contributed by atoms with Gasteiger partial charge in [0, 0.05) is 4.90 Å². The summed E-state index contributed by atoms with van der Waals surface area (Å²) >= 11 is 6.76. The quantitative estimate of drug-likeness (QED) is 0.499. The summed E-state index contributed by atoms with van der Waals surface area (Å²) in [5, 5.41) is 1.70. The van der Waals surface area contributed by atoms with Gasteiger partial charge in [-0.25, -0.2) is 4.79 Å². The molecule has 0 aliphatic rings. The summed E-state index contributed by atoms with van der Waals surface area (Å²) in [7, 11) is 0. The Kier molecular flexibility index (Phi) is 7.52. The predicted molar refractivity (Wildman–Crippen MR) is 102 cm³/mol. The Morgan fingerprint density at radius 1 is 1.10 bits per heavy atom. The molecule has 2 rings (SSSR count). The molecule has 0 saturated heterocycles. The van der Waals surface area contributed by atoms with Gasteiger partial charge < -0.3 is 15.8 Å². The van der Waals surface area contributed by atoms with Gasteiger partial charge in [-0.15, -0.1) is 11.8 Å². The lowest BCUT2D eigenvalue weighted by Gasteiger charge is -2.15. The molecular weight excluding hydrogens is 433 g/mol. The smallest absolute Gasteiger partial charge is 0.418 e. The second kappa shape index (κ2) is 9.66. The zero-order valence-corrected chi connectivity index (χ0v) is 16.2. The van der Waals surface area contributed by atoms with Gasteiger partial charge in [0.15, 0.2) is 6.61 Å². The molecule has 0 heterocycles. The third-order valence-corrected chi connectivity index (χ3v) is 4.81. The number of hydrogen-bond acceptors (Lipinski definition) is 5. The van der Waals surface area contributed by atoms with Crippen LogP contribution in [-0.2, 0) is 20.5 Å². The summed E-state index contributed by atoms with van der Waals surface area (Å²) in [6.07, 6.45) is -4.74. The Morgan fingerprint density at radius 3 is 2.45 bits per heavy atom. The number of rotatable bonds is 7. The summed E-state index contributed by atoms with van der Waals surface area (Å²) in [5.74, 6) is -2.54. The number of ether oxygens (including phenoxy) is 1. The highest BCUT2D eigenvalue weighted by molar-refractivity contribution is 8.00. The number of primary amides is 1. The summed E-state index contributed by atoms with van der Waals surface area (Å²) in [6.45, 7) is -0.837. The van der Waals surface area contributed by atoms with Crippen LogP contribution in [0.5, 0.6) is 0 Å². The van der Waals surface area contributed by atoms with E-state index in [2.05, 4.69) is 0 Å². The fraction of sp³-hybridized carbons (Fsp3) is 0.167. The molecule has 3 N–H and O–H groups in total. The number of nitrogens with two attached hydrogens (primary N) is 1. The fourth-order valence-electron chi connectivity index (χ4n) is 2.18. The van der Waals surface area contributed by atoms with E-state index in [1.807, 2.05) is 5.32 Å². The van der Waals surface area contributed by atoms with E-state index in [0.29, 0.717) is 4.90 Å². The van der Waals surface area contributed by atoms with Gasteiger partial charge >= 0.3 is 12.1 Å². The van der Waals surface area contributed by atoms with Crippen molar-refractivity contribution in [3.8, 4) is 0 Å². The predicted octanol–water partition coefficient (Wildman–Crippen LogP) is 3.73. The molecule has 0 bridgehead atoms. The van der Waals surface area contributed by atoms with Gasteiger partial charge in [-0.3, -0.25) is 9.59 Å². The number of thioether (sulfide) groups is 1. The molecule has 0 radical (unpaired) electrons. The van der Waals surface area contributed by atoms with E-state index < -0.39 is 41.8 Å². The van der Waals surface area contributed by atoms with Crippen LogP contribution in [-0.4, -0.2) is 30.1 Å². The molecule has 0 saturated carbocycles. The number of hydrogen-bond donors (Lipinski definition) is 2. The van der Waals surface area contributed by atoms with Gasteiger partial charge in [-0.2, -0.15) is 13.2 Å². The van der Waals surface area contributed by atoms with Gasteiger partial charge in [-0.1, -0.05) is 29.8 Å². The zero-order chi connectivity index (χ0) is 21.6. The maximum atomic E-state index is 13.1. The largest absolute Gasteiger partial charge is 0.452 e. The standard InChI is InChI=1S/C18H14ClF3N2O4S/c19-12-6-3-5-11(18(20,21)22)16(12)24-15(26)8-28-17(27)10-4-1-2-7-13(10)29-9-14(23)25/h1-7H,8-9H2,(H2,23,25)(H,24,26). The lowest BCUT2D eigenvalue weighted by Crippen LogP contribution is -2.23. The molecule has 2 aromatic rings. The molecule has 0 unspecified atom stereocenters. The highest BCUT2D eigenvalue weighted by Gasteiger charge is 2.34. The first-order valence-electron chi connectivity index (χ1n) is 7.92. The first-order valence-corrected chi connectivity index (χ1v) is 9.28. The Hall–Kier alpha value is -2.72. The van der Waals surface area contributed by atoms with Crippen LogP contribution in [0.15, 0.2) is 47.4 Å². The minimum atomic E-state index is -4.74.